The molecular formula is C13H15N2O4S+. The Labute approximate surface area is 118 Å². The predicted octanol–water partition coefficient (Wildman–Crippen LogP) is 1.24. The highest BCUT2D eigenvalue weighted by Gasteiger charge is 2.28. The van der Waals surface area contributed by atoms with Gasteiger partial charge in [0.1, 0.15) is 0 Å². The molecule has 0 aliphatic carbocycles. The van der Waals surface area contributed by atoms with Gasteiger partial charge in [-0.3, -0.25) is 4.79 Å². The molecule has 106 valence electrons. The molecular weight excluding hydrogens is 280 g/mol. The number of pyridine rings is 1. The van der Waals surface area contributed by atoms with E-state index in [2.05, 4.69) is 4.98 Å². The van der Waals surface area contributed by atoms with Crippen LogP contribution in [0.3, 0.4) is 0 Å². The Morgan fingerprint density at radius 1 is 1.35 bits per heavy atom. The highest BCUT2D eigenvalue weighted by molar-refractivity contribution is 7.90. The first-order valence-electron chi connectivity index (χ1n) is 5.80. The molecule has 7 heteroatoms. The molecule has 0 saturated heterocycles. The number of nitrogens with zero attached hydrogens (tertiary/aromatic N) is 1. The lowest BCUT2D eigenvalue weighted by Gasteiger charge is -2.09. The summed E-state index contributed by atoms with van der Waals surface area (Å²) in [5.41, 5.74) is -0.237. The number of aromatic carboxylic acids is 1. The van der Waals surface area contributed by atoms with Crippen molar-refractivity contribution in [3.8, 4) is 0 Å². The normalized spacial score (nSPS) is 12.8. The Morgan fingerprint density at radius 3 is 2.60 bits per heavy atom. The molecule has 0 amide bonds. The van der Waals surface area contributed by atoms with Gasteiger partial charge >= 0.3 is 5.97 Å². The maximum atomic E-state index is 11.9. The first-order chi connectivity index (χ1) is 9.45. The lowest BCUT2D eigenvalue weighted by atomic mass is 10.1. The van der Waals surface area contributed by atoms with Gasteiger partial charge in [-0.15, -0.1) is 0 Å². The van der Waals surface area contributed by atoms with Crippen molar-refractivity contribution in [1.29, 1.82) is 0 Å². The van der Waals surface area contributed by atoms with Gasteiger partial charge in [0.05, 0.1) is 18.1 Å². The second-order valence-corrected chi connectivity index (χ2v) is 6.31. The summed E-state index contributed by atoms with van der Waals surface area (Å²) < 4.78 is 7.27. The number of benzene rings is 1. The molecule has 0 radical (unpaired) electrons. The van der Waals surface area contributed by atoms with Gasteiger partial charge in [0, 0.05) is 31.7 Å². The summed E-state index contributed by atoms with van der Waals surface area (Å²) in [6.45, 7) is 0. The van der Waals surface area contributed by atoms with Crippen molar-refractivity contribution in [3.63, 3.8) is 0 Å². The first kappa shape index (κ1) is 14.6. The van der Waals surface area contributed by atoms with Gasteiger partial charge in [-0.1, -0.05) is 4.31 Å². The molecule has 1 heterocycles. The molecule has 0 spiro atoms. The van der Waals surface area contributed by atoms with Crippen LogP contribution in [0.2, 0.25) is 0 Å². The van der Waals surface area contributed by atoms with E-state index >= 15 is 0 Å². The van der Waals surface area contributed by atoms with E-state index in [1.165, 1.54) is 6.20 Å². The molecule has 2 N–H and O–H groups in total. The van der Waals surface area contributed by atoms with Crippen molar-refractivity contribution < 1.29 is 14.1 Å². The second-order valence-electron chi connectivity index (χ2n) is 4.27. The highest BCUT2D eigenvalue weighted by Crippen LogP contribution is 2.22. The molecule has 2 rings (SSSR count). The molecule has 0 saturated carbocycles. The third kappa shape index (κ3) is 2.55. The molecule has 0 fully saturated rings. The number of hydrogen-bond acceptors (Lipinski definition) is 4. The number of fused-ring (bicyclic) bond motifs is 1. The number of nitrogens with one attached hydrogen (secondary N) is 1. The predicted molar refractivity (Wildman–Crippen MR) is 77.9 cm³/mol. The van der Waals surface area contributed by atoms with Gasteiger partial charge in [0.15, 0.2) is 0 Å². The maximum absolute atomic E-state index is 11.9. The minimum absolute atomic E-state index is 0.0771. The molecule has 0 aliphatic rings. The van der Waals surface area contributed by atoms with Crippen LogP contribution in [0.15, 0.2) is 34.1 Å². The summed E-state index contributed by atoms with van der Waals surface area (Å²) in [6, 6.07) is 5.10. The largest absolute Gasteiger partial charge is 0.478 e. The van der Waals surface area contributed by atoms with Gasteiger partial charge in [0.2, 0.25) is 4.90 Å². The van der Waals surface area contributed by atoms with E-state index in [9.17, 15) is 9.59 Å². The molecule has 2 aromatic rings. The van der Waals surface area contributed by atoms with Crippen LogP contribution >= 0.6 is 0 Å². The van der Waals surface area contributed by atoms with E-state index in [0.717, 1.165) is 4.90 Å². The zero-order chi connectivity index (χ0) is 14.9. The van der Waals surface area contributed by atoms with Crippen LogP contribution in [0.4, 0.5) is 0 Å². The summed E-state index contributed by atoms with van der Waals surface area (Å²) in [5, 5.41) is 9.90. The standard InChI is InChI=1S/C13H14N2O4S/c1-15(2)20(19-3)8-4-5-9-10(6-8)12(16)14-7-11(9)13(17)18/h4-7H,1-3H3,(H-,14,16,17,18)/p+1. The van der Waals surface area contributed by atoms with E-state index < -0.39 is 17.3 Å². The van der Waals surface area contributed by atoms with Gasteiger partial charge in [-0.05, 0) is 12.1 Å². The minimum atomic E-state index is -1.07. The summed E-state index contributed by atoms with van der Waals surface area (Å²) in [6.07, 6.45) is 1.22. The van der Waals surface area contributed by atoms with E-state index in [4.69, 9.17) is 9.29 Å². The molecule has 1 unspecified atom stereocenters. The number of H-pyrrole nitrogens is 1. The van der Waals surface area contributed by atoms with Crippen LogP contribution in [0, 0.1) is 0 Å². The lowest BCUT2D eigenvalue weighted by molar-refractivity contribution is 0.0698. The molecule has 20 heavy (non-hydrogen) atoms. The average Bonchev–Trinajstić information content (AvgIpc) is 2.39. The lowest BCUT2D eigenvalue weighted by Crippen LogP contribution is -2.24. The Hall–Kier alpha value is -1.83. The molecule has 1 aromatic heterocycles. The quantitative estimate of drug-likeness (QED) is 0.829. The van der Waals surface area contributed by atoms with Crippen LogP contribution < -0.4 is 5.56 Å². The Bertz CT molecular complexity index is 711. The van der Waals surface area contributed by atoms with Crippen molar-refractivity contribution in [2.75, 3.05) is 21.2 Å². The van der Waals surface area contributed by atoms with Crippen LogP contribution in [-0.4, -0.2) is 41.6 Å². The van der Waals surface area contributed by atoms with Gasteiger partial charge in [-0.25, -0.2) is 4.79 Å². The number of rotatable bonds is 4. The van der Waals surface area contributed by atoms with Crippen LogP contribution in [0.25, 0.3) is 10.8 Å². The van der Waals surface area contributed by atoms with E-state index in [1.54, 1.807) is 25.3 Å². The fourth-order valence-electron chi connectivity index (χ4n) is 1.98. The fourth-order valence-corrected chi connectivity index (χ4v) is 3.30. The third-order valence-corrected chi connectivity index (χ3v) is 4.43. The Morgan fingerprint density at radius 2 is 2.05 bits per heavy atom. The third-order valence-electron chi connectivity index (χ3n) is 2.79. The van der Waals surface area contributed by atoms with Crippen LogP contribution in [0.5, 0.6) is 0 Å². The van der Waals surface area contributed by atoms with Gasteiger partial charge < -0.3 is 10.1 Å². The van der Waals surface area contributed by atoms with Crippen molar-refractivity contribution in [3.05, 3.63) is 40.3 Å². The molecule has 6 nitrogen and oxygen atoms in total. The number of aromatic nitrogens is 1. The summed E-state index contributed by atoms with van der Waals surface area (Å²) >= 11 is -0.595. The summed E-state index contributed by atoms with van der Waals surface area (Å²) in [7, 11) is 5.33. The number of carboxylic acid groups (broad SMARTS) is 1. The number of carbonyl (C=O) groups is 1. The van der Waals surface area contributed by atoms with Crippen molar-refractivity contribution in [2.24, 2.45) is 0 Å². The maximum Gasteiger partial charge on any atom is 0.337 e. The van der Waals surface area contributed by atoms with Crippen LogP contribution in [-0.2, 0) is 15.5 Å². The monoisotopic (exact) mass is 295 g/mol. The minimum Gasteiger partial charge on any atom is -0.478 e. The Kier molecular flexibility index (Phi) is 4.12. The first-order valence-corrected chi connectivity index (χ1v) is 6.91. The zero-order valence-electron chi connectivity index (χ0n) is 11.3. The zero-order valence-corrected chi connectivity index (χ0v) is 12.2. The molecule has 1 atom stereocenters. The van der Waals surface area contributed by atoms with Crippen molar-refractivity contribution in [2.45, 2.75) is 4.90 Å². The van der Waals surface area contributed by atoms with E-state index in [1.807, 2.05) is 18.4 Å². The molecule has 0 bridgehead atoms. The van der Waals surface area contributed by atoms with Crippen molar-refractivity contribution >= 4 is 28.1 Å². The number of hydrogen-bond donors (Lipinski definition) is 2. The molecule has 1 aromatic carbocycles. The summed E-state index contributed by atoms with van der Waals surface area (Å²) in [5.74, 6) is -1.07. The van der Waals surface area contributed by atoms with E-state index in [0.29, 0.717) is 10.8 Å². The van der Waals surface area contributed by atoms with E-state index in [-0.39, 0.29) is 11.1 Å². The van der Waals surface area contributed by atoms with Crippen LogP contribution in [0.1, 0.15) is 10.4 Å². The summed E-state index contributed by atoms with van der Waals surface area (Å²) in [4.78, 5) is 26.3. The number of aromatic amines is 1. The topological polar surface area (TPSA) is 82.6 Å². The Balaban J connectivity index is 2.68. The highest BCUT2D eigenvalue weighted by atomic mass is 32.2. The number of carboxylic acids is 1. The SMILES string of the molecule is CO[S+](c1ccc2c(C(=O)O)c[nH]c(=O)c2c1)N(C)C. The smallest absolute Gasteiger partial charge is 0.337 e. The average molecular weight is 295 g/mol. The van der Waals surface area contributed by atoms with Gasteiger partial charge in [0.25, 0.3) is 16.9 Å². The second kappa shape index (κ2) is 5.66. The fraction of sp³-hybridized carbons (Fsp3) is 0.231. The molecule has 0 aliphatic heterocycles. The van der Waals surface area contributed by atoms with Gasteiger partial charge in [-0.2, -0.15) is 4.18 Å². The van der Waals surface area contributed by atoms with Crippen molar-refractivity contribution in [1.82, 2.24) is 9.29 Å².